The molecular weight excluding hydrogens is 292 g/mol. The first-order valence-electron chi connectivity index (χ1n) is 6.32. The first kappa shape index (κ1) is 13.7. The zero-order valence-corrected chi connectivity index (χ0v) is 11.8. The van der Waals surface area contributed by atoms with E-state index in [1.807, 2.05) is 0 Å². The summed E-state index contributed by atoms with van der Waals surface area (Å²) in [6.07, 6.45) is 6.53. The average Bonchev–Trinajstić information content (AvgIpc) is 3.13. The SMILES string of the molecule is OC(Cn1ccnn1)(Cn1ccnn1)c1ccc(Cl)cc1. The molecule has 1 N–H and O–H groups in total. The zero-order chi connectivity index (χ0) is 14.7. The zero-order valence-electron chi connectivity index (χ0n) is 11.0. The van der Waals surface area contributed by atoms with Gasteiger partial charge in [0.2, 0.25) is 0 Å². The van der Waals surface area contributed by atoms with Crippen LogP contribution < -0.4 is 0 Å². The van der Waals surface area contributed by atoms with Crippen molar-refractivity contribution in [2.75, 3.05) is 0 Å². The highest BCUT2D eigenvalue weighted by Crippen LogP contribution is 2.26. The molecule has 0 aliphatic carbocycles. The van der Waals surface area contributed by atoms with Crippen LogP contribution in [0.25, 0.3) is 0 Å². The Kier molecular flexibility index (Phi) is 3.68. The van der Waals surface area contributed by atoms with Crippen molar-refractivity contribution in [3.8, 4) is 0 Å². The second-order valence-electron chi connectivity index (χ2n) is 4.74. The van der Waals surface area contributed by atoms with E-state index in [1.165, 1.54) is 0 Å². The van der Waals surface area contributed by atoms with Crippen molar-refractivity contribution < 1.29 is 5.11 Å². The normalized spacial score (nSPS) is 11.7. The number of hydrogen-bond acceptors (Lipinski definition) is 5. The van der Waals surface area contributed by atoms with Crippen molar-refractivity contribution in [2.24, 2.45) is 0 Å². The molecule has 3 rings (SSSR count). The molecule has 0 atom stereocenters. The van der Waals surface area contributed by atoms with Gasteiger partial charge in [0.1, 0.15) is 5.60 Å². The summed E-state index contributed by atoms with van der Waals surface area (Å²) in [4.78, 5) is 0. The molecule has 2 aromatic heterocycles. The summed E-state index contributed by atoms with van der Waals surface area (Å²) in [5.74, 6) is 0. The van der Waals surface area contributed by atoms with E-state index >= 15 is 0 Å². The van der Waals surface area contributed by atoms with Crippen LogP contribution in [0, 0.1) is 0 Å². The minimum Gasteiger partial charge on any atom is -0.381 e. The minimum atomic E-state index is -1.20. The van der Waals surface area contributed by atoms with E-state index < -0.39 is 5.60 Å². The fourth-order valence-corrected chi connectivity index (χ4v) is 2.29. The number of hydrogen-bond donors (Lipinski definition) is 1. The quantitative estimate of drug-likeness (QED) is 0.763. The molecule has 108 valence electrons. The number of rotatable bonds is 5. The maximum atomic E-state index is 11.1. The summed E-state index contributed by atoms with van der Waals surface area (Å²) in [5, 5.41) is 27.0. The Hall–Kier alpha value is -2.25. The number of aliphatic hydroxyl groups is 1. The van der Waals surface area contributed by atoms with Crippen LogP contribution in [0.2, 0.25) is 5.02 Å². The predicted molar refractivity (Wildman–Crippen MR) is 75.4 cm³/mol. The van der Waals surface area contributed by atoms with Crippen molar-refractivity contribution in [2.45, 2.75) is 18.7 Å². The molecule has 3 aromatic rings. The van der Waals surface area contributed by atoms with Crippen molar-refractivity contribution in [1.29, 1.82) is 0 Å². The van der Waals surface area contributed by atoms with Crippen LogP contribution in [0.3, 0.4) is 0 Å². The highest BCUT2D eigenvalue weighted by Gasteiger charge is 2.31. The maximum absolute atomic E-state index is 11.1. The Morgan fingerprint density at radius 1 is 0.952 bits per heavy atom. The molecule has 0 aliphatic rings. The van der Waals surface area contributed by atoms with E-state index in [9.17, 15) is 5.11 Å². The van der Waals surface area contributed by atoms with E-state index in [0.717, 1.165) is 5.56 Å². The topological polar surface area (TPSA) is 81.6 Å². The van der Waals surface area contributed by atoms with Gasteiger partial charge >= 0.3 is 0 Å². The van der Waals surface area contributed by atoms with Crippen molar-refractivity contribution in [3.63, 3.8) is 0 Å². The van der Waals surface area contributed by atoms with Gasteiger partial charge in [-0.05, 0) is 17.7 Å². The summed E-state index contributed by atoms with van der Waals surface area (Å²) in [5.41, 5.74) is -0.482. The van der Waals surface area contributed by atoms with Gasteiger partial charge in [-0.2, -0.15) is 0 Å². The van der Waals surface area contributed by atoms with E-state index in [-0.39, 0.29) is 13.1 Å². The number of aromatic nitrogens is 6. The van der Waals surface area contributed by atoms with Crippen LogP contribution in [0.4, 0.5) is 0 Å². The summed E-state index contributed by atoms with van der Waals surface area (Å²) >= 11 is 5.91. The van der Waals surface area contributed by atoms with E-state index in [4.69, 9.17) is 11.6 Å². The summed E-state index contributed by atoms with van der Waals surface area (Å²) in [6, 6.07) is 7.06. The molecule has 7 nitrogen and oxygen atoms in total. The van der Waals surface area contributed by atoms with E-state index in [1.54, 1.807) is 58.4 Å². The van der Waals surface area contributed by atoms with Crippen LogP contribution >= 0.6 is 11.6 Å². The fraction of sp³-hybridized carbons (Fsp3) is 0.231. The second-order valence-corrected chi connectivity index (χ2v) is 5.18. The van der Waals surface area contributed by atoms with Crippen LogP contribution in [0.15, 0.2) is 49.1 Å². The fourth-order valence-electron chi connectivity index (χ4n) is 2.16. The van der Waals surface area contributed by atoms with Crippen LogP contribution in [0.1, 0.15) is 5.56 Å². The molecule has 8 heteroatoms. The summed E-state index contributed by atoms with van der Waals surface area (Å²) in [7, 11) is 0. The largest absolute Gasteiger partial charge is 0.381 e. The Morgan fingerprint density at radius 3 is 1.90 bits per heavy atom. The third kappa shape index (κ3) is 3.09. The third-order valence-corrected chi connectivity index (χ3v) is 3.42. The average molecular weight is 305 g/mol. The van der Waals surface area contributed by atoms with Gasteiger partial charge < -0.3 is 5.11 Å². The lowest BCUT2D eigenvalue weighted by atomic mass is 9.93. The molecule has 1 aromatic carbocycles. The van der Waals surface area contributed by atoms with Crippen molar-refractivity contribution in [1.82, 2.24) is 30.0 Å². The molecular formula is C13H13ClN6O. The van der Waals surface area contributed by atoms with Crippen molar-refractivity contribution in [3.05, 3.63) is 59.6 Å². The minimum absolute atomic E-state index is 0.245. The van der Waals surface area contributed by atoms with Gasteiger partial charge in [-0.3, -0.25) is 0 Å². The van der Waals surface area contributed by atoms with E-state index in [0.29, 0.717) is 5.02 Å². The van der Waals surface area contributed by atoms with Gasteiger partial charge in [-0.25, -0.2) is 9.36 Å². The molecule has 0 saturated heterocycles. The van der Waals surface area contributed by atoms with Crippen molar-refractivity contribution >= 4 is 11.6 Å². The standard InChI is InChI=1S/C13H13ClN6O/c14-12-3-1-11(2-4-12)13(21,9-19-7-5-15-17-19)10-20-8-6-16-18-20/h1-8,21H,9-10H2. The molecule has 0 aliphatic heterocycles. The van der Waals surface area contributed by atoms with Crippen LogP contribution in [-0.2, 0) is 18.7 Å². The molecule has 0 bridgehead atoms. The monoisotopic (exact) mass is 304 g/mol. The van der Waals surface area contributed by atoms with Crippen LogP contribution in [-0.4, -0.2) is 35.1 Å². The molecule has 0 fully saturated rings. The summed E-state index contributed by atoms with van der Waals surface area (Å²) < 4.78 is 3.15. The number of nitrogens with zero attached hydrogens (tertiary/aromatic N) is 6. The molecule has 0 spiro atoms. The number of halogens is 1. The molecule has 2 heterocycles. The Labute approximate surface area is 125 Å². The van der Waals surface area contributed by atoms with Gasteiger partial charge in [0.05, 0.1) is 25.5 Å². The van der Waals surface area contributed by atoms with Gasteiger partial charge in [-0.15, -0.1) is 10.2 Å². The summed E-state index contributed by atoms with van der Waals surface area (Å²) in [6.45, 7) is 0.489. The molecule has 0 amide bonds. The van der Waals surface area contributed by atoms with Crippen LogP contribution in [0.5, 0.6) is 0 Å². The molecule has 0 saturated carbocycles. The predicted octanol–water partition coefficient (Wildman–Crippen LogP) is 1.11. The molecule has 21 heavy (non-hydrogen) atoms. The first-order valence-corrected chi connectivity index (χ1v) is 6.70. The van der Waals surface area contributed by atoms with E-state index in [2.05, 4.69) is 20.6 Å². The second kappa shape index (κ2) is 5.63. The Bertz CT molecular complexity index is 644. The Balaban J connectivity index is 1.94. The lowest BCUT2D eigenvalue weighted by molar-refractivity contribution is -0.00612. The first-order chi connectivity index (χ1) is 10.2. The smallest absolute Gasteiger partial charge is 0.129 e. The van der Waals surface area contributed by atoms with Gasteiger partial charge in [0.25, 0.3) is 0 Å². The maximum Gasteiger partial charge on any atom is 0.129 e. The highest BCUT2D eigenvalue weighted by molar-refractivity contribution is 6.30. The van der Waals surface area contributed by atoms with Gasteiger partial charge in [0, 0.05) is 17.4 Å². The lowest BCUT2D eigenvalue weighted by Gasteiger charge is -2.28. The number of benzene rings is 1. The highest BCUT2D eigenvalue weighted by atomic mass is 35.5. The Morgan fingerprint density at radius 2 is 1.48 bits per heavy atom. The third-order valence-electron chi connectivity index (χ3n) is 3.17. The molecule has 0 radical (unpaired) electrons. The lowest BCUT2D eigenvalue weighted by Crippen LogP contribution is -2.36. The van der Waals surface area contributed by atoms with Gasteiger partial charge in [-0.1, -0.05) is 34.2 Å². The van der Waals surface area contributed by atoms with Gasteiger partial charge in [0.15, 0.2) is 0 Å². The molecule has 0 unspecified atom stereocenters.